The van der Waals surface area contributed by atoms with Gasteiger partial charge < -0.3 is 9.80 Å². The number of aryl methyl sites for hydroxylation is 1. The van der Waals surface area contributed by atoms with Gasteiger partial charge in [-0.2, -0.15) is 10.1 Å². The van der Waals surface area contributed by atoms with Gasteiger partial charge in [0.2, 0.25) is 11.2 Å². The van der Waals surface area contributed by atoms with Crippen molar-refractivity contribution < 1.29 is 4.79 Å². The zero-order chi connectivity index (χ0) is 15.1. The third-order valence-electron chi connectivity index (χ3n) is 3.59. The smallest absolute Gasteiger partial charge is 0.250 e. The molecule has 7 nitrogen and oxygen atoms in total. The predicted molar refractivity (Wildman–Crippen MR) is 79.9 cm³/mol. The second kappa shape index (κ2) is 5.00. The molecule has 3 rings (SSSR count). The number of nitrogens with zero attached hydrogens (tertiary/aromatic N) is 6. The first-order chi connectivity index (χ1) is 10.0. The van der Waals surface area contributed by atoms with E-state index in [1.54, 1.807) is 29.0 Å². The summed E-state index contributed by atoms with van der Waals surface area (Å²) in [5.74, 6) is 0.622. The molecule has 21 heavy (non-hydrogen) atoms. The van der Waals surface area contributed by atoms with Crippen LogP contribution in [0, 0.1) is 0 Å². The van der Waals surface area contributed by atoms with Crippen LogP contribution >= 0.6 is 11.6 Å². The van der Waals surface area contributed by atoms with Gasteiger partial charge in [-0.3, -0.25) is 9.48 Å². The van der Waals surface area contributed by atoms with Crippen LogP contribution in [0.2, 0.25) is 5.28 Å². The van der Waals surface area contributed by atoms with E-state index in [0.29, 0.717) is 17.9 Å². The molecule has 8 heteroatoms. The first-order valence-electron chi connectivity index (χ1n) is 6.61. The molecule has 0 radical (unpaired) electrons. The minimum absolute atomic E-state index is 0.000208. The van der Waals surface area contributed by atoms with Crippen molar-refractivity contribution in [1.82, 2.24) is 19.7 Å². The summed E-state index contributed by atoms with van der Waals surface area (Å²) in [5, 5.41) is 4.33. The first kappa shape index (κ1) is 13.8. The van der Waals surface area contributed by atoms with Gasteiger partial charge in [0.1, 0.15) is 11.7 Å². The maximum atomic E-state index is 12.6. The van der Waals surface area contributed by atoms with Crippen molar-refractivity contribution in [2.45, 2.75) is 19.4 Å². The molecule has 0 saturated carbocycles. The van der Waals surface area contributed by atoms with Crippen LogP contribution < -0.4 is 9.80 Å². The summed E-state index contributed by atoms with van der Waals surface area (Å²) >= 11 is 5.94. The van der Waals surface area contributed by atoms with E-state index >= 15 is 0 Å². The van der Waals surface area contributed by atoms with Crippen LogP contribution in [0.1, 0.15) is 13.3 Å². The Bertz CT molecular complexity index is 700. The minimum atomic E-state index is -0.335. The normalized spacial score (nSPS) is 18.1. The van der Waals surface area contributed by atoms with Crippen molar-refractivity contribution >= 4 is 34.7 Å². The molecule has 0 fully saturated rings. The summed E-state index contributed by atoms with van der Waals surface area (Å²) in [6, 6.07) is -0.335. The highest BCUT2D eigenvalue weighted by Crippen LogP contribution is 2.39. The van der Waals surface area contributed by atoms with E-state index in [1.165, 1.54) is 0 Å². The molecule has 1 amide bonds. The molecule has 0 spiro atoms. The lowest BCUT2D eigenvalue weighted by atomic mass is 10.1. The van der Waals surface area contributed by atoms with Crippen molar-refractivity contribution in [2.24, 2.45) is 7.05 Å². The number of rotatable bonds is 2. The number of anilines is 3. The highest BCUT2D eigenvalue weighted by Gasteiger charge is 2.38. The zero-order valence-corrected chi connectivity index (χ0v) is 12.7. The standard InChI is InChI=1S/C13H15ClN6O/c1-4-9-12(21)19(3)10-6-15-13(14)17-11(10)20(9)8-5-16-18(2)7-8/h5-7,9H,4H2,1-3H3/t9-/m1/s1. The second-order valence-corrected chi connectivity index (χ2v) is 5.25. The third-order valence-corrected chi connectivity index (χ3v) is 3.78. The molecule has 1 atom stereocenters. The molecule has 0 aliphatic carbocycles. The van der Waals surface area contributed by atoms with Gasteiger partial charge >= 0.3 is 0 Å². The Balaban J connectivity index is 2.21. The molecular formula is C13H15ClN6O. The molecule has 2 aromatic heterocycles. The van der Waals surface area contributed by atoms with Crippen LogP contribution in [0.15, 0.2) is 18.6 Å². The van der Waals surface area contributed by atoms with E-state index in [2.05, 4.69) is 15.1 Å². The van der Waals surface area contributed by atoms with Crippen LogP contribution in [0.4, 0.5) is 17.2 Å². The molecule has 0 N–H and O–H groups in total. The number of aromatic nitrogens is 4. The van der Waals surface area contributed by atoms with Crippen LogP contribution in [-0.4, -0.2) is 38.7 Å². The number of halogens is 1. The fourth-order valence-corrected chi connectivity index (χ4v) is 2.68. The average Bonchev–Trinajstić information content (AvgIpc) is 2.88. The number of hydrogen-bond donors (Lipinski definition) is 0. The van der Waals surface area contributed by atoms with Gasteiger partial charge in [0.25, 0.3) is 0 Å². The second-order valence-electron chi connectivity index (χ2n) is 4.91. The monoisotopic (exact) mass is 306 g/mol. The molecule has 1 aliphatic rings. The number of likely N-dealkylation sites (N-methyl/N-ethyl adjacent to an activating group) is 1. The predicted octanol–water partition coefficient (Wildman–Crippen LogP) is 1.76. The van der Waals surface area contributed by atoms with Crippen LogP contribution in [0.25, 0.3) is 0 Å². The van der Waals surface area contributed by atoms with Crippen LogP contribution in [0.3, 0.4) is 0 Å². The fourth-order valence-electron chi connectivity index (χ4n) is 2.55. The lowest BCUT2D eigenvalue weighted by Gasteiger charge is -2.39. The SMILES string of the molecule is CC[C@@H]1C(=O)N(C)c2cnc(Cl)nc2N1c1cnn(C)c1. The van der Waals surface area contributed by atoms with Crippen molar-refractivity contribution in [1.29, 1.82) is 0 Å². The summed E-state index contributed by atoms with van der Waals surface area (Å²) in [6.45, 7) is 1.97. The summed E-state index contributed by atoms with van der Waals surface area (Å²) in [7, 11) is 3.55. The number of amides is 1. The van der Waals surface area contributed by atoms with E-state index in [4.69, 9.17) is 11.6 Å². The Hall–Kier alpha value is -2.15. The molecule has 2 aromatic rings. The zero-order valence-electron chi connectivity index (χ0n) is 12.0. The average molecular weight is 307 g/mol. The van der Waals surface area contributed by atoms with Gasteiger partial charge in [-0.25, -0.2) is 4.98 Å². The Labute approximate surface area is 127 Å². The van der Waals surface area contributed by atoms with E-state index in [9.17, 15) is 4.79 Å². The Morgan fingerprint density at radius 1 is 1.33 bits per heavy atom. The van der Waals surface area contributed by atoms with Gasteiger partial charge in [-0.15, -0.1) is 0 Å². The summed E-state index contributed by atoms with van der Waals surface area (Å²) < 4.78 is 1.69. The van der Waals surface area contributed by atoms with Crippen LogP contribution in [0.5, 0.6) is 0 Å². The van der Waals surface area contributed by atoms with Crippen LogP contribution in [-0.2, 0) is 11.8 Å². The van der Waals surface area contributed by atoms with E-state index in [0.717, 1.165) is 5.69 Å². The first-order valence-corrected chi connectivity index (χ1v) is 6.98. The van der Waals surface area contributed by atoms with Crippen molar-refractivity contribution in [3.63, 3.8) is 0 Å². The van der Waals surface area contributed by atoms with E-state index in [-0.39, 0.29) is 17.2 Å². The molecule has 0 bridgehead atoms. The fraction of sp³-hybridized carbons (Fsp3) is 0.385. The Kier molecular flexibility index (Phi) is 3.29. The van der Waals surface area contributed by atoms with E-state index < -0.39 is 0 Å². The van der Waals surface area contributed by atoms with Gasteiger partial charge in [0.05, 0.1) is 18.1 Å². The topological polar surface area (TPSA) is 67.2 Å². The Morgan fingerprint density at radius 2 is 2.10 bits per heavy atom. The number of hydrogen-bond acceptors (Lipinski definition) is 5. The Morgan fingerprint density at radius 3 is 2.71 bits per heavy atom. The lowest BCUT2D eigenvalue weighted by Crippen LogP contribution is -2.50. The molecule has 0 saturated heterocycles. The summed E-state index contributed by atoms with van der Waals surface area (Å²) in [5.41, 5.74) is 1.44. The van der Waals surface area contributed by atoms with E-state index in [1.807, 2.05) is 25.1 Å². The van der Waals surface area contributed by atoms with Crippen molar-refractivity contribution in [2.75, 3.05) is 16.8 Å². The van der Waals surface area contributed by atoms with Crippen molar-refractivity contribution in [3.8, 4) is 0 Å². The minimum Gasteiger partial charge on any atom is -0.309 e. The molecular weight excluding hydrogens is 292 g/mol. The molecule has 3 heterocycles. The number of carbonyl (C=O) groups is 1. The maximum absolute atomic E-state index is 12.6. The quantitative estimate of drug-likeness (QED) is 0.791. The number of fused-ring (bicyclic) bond motifs is 1. The summed E-state index contributed by atoms with van der Waals surface area (Å²) in [6.07, 6.45) is 5.78. The van der Waals surface area contributed by atoms with Crippen molar-refractivity contribution in [3.05, 3.63) is 23.9 Å². The maximum Gasteiger partial charge on any atom is 0.250 e. The molecule has 0 aromatic carbocycles. The third kappa shape index (κ3) is 2.13. The molecule has 110 valence electrons. The largest absolute Gasteiger partial charge is 0.309 e. The number of carbonyl (C=O) groups excluding carboxylic acids is 1. The molecule has 0 unspecified atom stereocenters. The van der Waals surface area contributed by atoms with Gasteiger partial charge in [0, 0.05) is 20.3 Å². The summed E-state index contributed by atoms with van der Waals surface area (Å²) in [4.78, 5) is 24.3. The molecule has 1 aliphatic heterocycles. The van der Waals surface area contributed by atoms with Gasteiger partial charge in [0.15, 0.2) is 5.82 Å². The highest BCUT2D eigenvalue weighted by atomic mass is 35.5. The highest BCUT2D eigenvalue weighted by molar-refractivity contribution is 6.28. The van der Waals surface area contributed by atoms with Gasteiger partial charge in [-0.1, -0.05) is 6.92 Å². The van der Waals surface area contributed by atoms with Gasteiger partial charge in [-0.05, 0) is 18.0 Å². The lowest BCUT2D eigenvalue weighted by molar-refractivity contribution is -0.119.